The minimum atomic E-state index is -0.593. The van der Waals surface area contributed by atoms with E-state index in [0.717, 1.165) is 0 Å². The fourth-order valence-electron chi connectivity index (χ4n) is 1.62. The molecule has 5 nitrogen and oxygen atoms in total. The fraction of sp³-hybridized carbons (Fsp3) is 0.846. The van der Waals surface area contributed by atoms with E-state index in [4.69, 9.17) is 10.5 Å². The summed E-state index contributed by atoms with van der Waals surface area (Å²) in [5, 5.41) is 2.75. The first-order valence-corrected chi connectivity index (χ1v) is 6.32. The van der Waals surface area contributed by atoms with Crippen LogP contribution in [0.15, 0.2) is 0 Å². The van der Waals surface area contributed by atoms with Crippen molar-refractivity contribution < 1.29 is 14.3 Å². The minimum Gasteiger partial charge on any atom is -0.469 e. The predicted molar refractivity (Wildman–Crippen MR) is 70.9 cm³/mol. The lowest BCUT2D eigenvalue weighted by atomic mass is 9.89. The molecule has 0 spiro atoms. The Balaban J connectivity index is 4.04. The van der Waals surface area contributed by atoms with Gasteiger partial charge in [0.2, 0.25) is 5.91 Å². The molecule has 0 aliphatic rings. The summed E-state index contributed by atoms with van der Waals surface area (Å²) in [5.41, 5.74) is 5.16. The highest BCUT2D eigenvalue weighted by Gasteiger charge is 2.28. The van der Waals surface area contributed by atoms with E-state index in [-0.39, 0.29) is 11.9 Å². The maximum atomic E-state index is 11.7. The molecular weight excluding hydrogens is 232 g/mol. The van der Waals surface area contributed by atoms with Crippen molar-refractivity contribution in [3.05, 3.63) is 0 Å². The van der Waals surface area contributed by atoms with E-state index in [0.29, 0.717) is 25.3 Å². The van der Waals surface area contributed by atoms with E-state index in [1.54, 1.807) is 13.8 Å². The molecule has 0 aromatic carbocycles. The van der Waals surface area contributed by atoms with E-state index in [9.17, 15) is 9.59 Å². The fourth-order valence-corrected chi connectivity index (χ4v) is 1.62. The van der Waals surface area contributed by atoms with Gasteiger partial charge in [-0.1, -0.05) is 13.8 Å². The molecular formula is C13H26N2O3. The second-order valence-electron chi connectivity index (χ2n) is 5.65. The van der Waals surface area contributed by atoms with Gasteiger partial charge >= 0.3 is 5.97 Å². The molecule has 0 fully saturated rings. The summed E-state index contributed by atoms with van der Waals surface area (Å²) < 4.78 is 4.70. The number of ether oxygens (including phenoxy) is 1. The SMILES string of the molecule is COC(=O)C(C)(C)CCNC(=O)[C@@H](N)CC(C)C. The van der Waals surface area contributed by atoms with E-state index in [2.05, 4.69) is 5.32 Å². The molecule has 0 unspecified atom stereocenters. The standard InChI is InChI=1S/C13H26N2O3/c1-9(2)8-10(14)11(16)15-7-6-13(3,4)12(17)18-5/h9-10H,6-8,14H2,1-5H3,(H,15,16)/t10-/m0/s1. The molecule has 0 aliphatic heterocycles. The van der Waals surface area contributed by atoms with Gasteiger partial charge in [-0.3, -0.25) is 9.59 Å². The van der Waals surface area contributed by atoms with Crippen LogP contribution in [0.1, 0.15) is 40.5 Å². The summed E-state index contributed by atoms with van der Waals surface area (Å²) >= 11 is 0. The zero-order chi connectivity index (χ0) is 14.3. The predicted octanol–water partition coefficient (Wildman–Crippen LogP) is 1.07. The molecule has 0 aromatic heterocycles. The zero-order valence-electron chi connectivity index (χ0n) is 12.1. The summed E-state index contributed by atoms with van der Waals surface area (Å²) in [7, 11) is 1.36. The van der Waals surface area contributed by atoms with Crippen LogP contribution in [0, 0.1) is 11.3 Å². The Labute approximate surface area is 109 Å². The Morgan fingerprint density at radius 3 is 2.33 bits per heavy atom. The van der Waals surface area contributed by atoms with Gasteiger partial charge in [0.05, 0.1) is 18.6 Å². The smallest absolute Gasteiger partial charge is 0.311 e. The average molecular weight is 258 g/mol. The van der Waals surface area contributed by atoms with Crippen molar-refractivity contribution >= 4 is 11.9 Å². The van der Waals surface area contributed by atoms with Gasteiger partial charge in [0, 0.05) is 6.54 Å². The van der Waals surface area contributed by atoms with Crippen molar-refractivity contribution in [2.24, 2.45) is 17.1 Å². The second kappa shape index (κ2) is 7.36. The highest BCUT2D eigenvalue weighted by Crippen LogP contribution is 2.21. The van der Waals surface area contributed by atoms with Gasteiger partial charge in [-0.2, -0.15) is 0 Å². The third kappa shape index (κ3) is 6.00. The number of rotatable bonds is 7. The van der Waals surface area contributed by atoms with Crippen LogP contribution in [0.25, 0.3) is 0 Å². The lowest BCUT2D eigenvalue weighted by Gasteiger charge is -2.22. The first-order valence-electron chi connectivity index (χ1n) is 6.32. The summed E-state index contributed by atoms with van der Waals surface area (Å²) in [6, 6.07) is -0.480. The van der Waals surface area contributed by atoms with Crippen LogP contribution in [0.2, 0.25) is 0 Å². The first kappa shape index (κ1) is 16.9. The minimum absolute atomic E-state index is 0.163. The van der Waals surface area contributed by atoms with Crippen LogP contribution in [0.5, 0.6) is 0 Å². The Bertz CT molecular complexity index is 288. The lowest BCUT2D eigenvalue weighted by molar-refractivity contribution is -0.151. The van der Waals surface area contributed by atoms with Crippen LogP contribution < -0.4 is 11.1 Å². The maximum Gasteiger partial charge on any atom is 0.311 e. The highest BCUT2D eigenvalue weighted by atomic mass is 16.5. The third-order valence-electron chi connectivity index (χ3n) is 2.85. The van der Waals surface area contributed by atoms with Gasteiger partial charge in [-0.05, 0) is 32.6 Å². The van der Waals surface area contributed by atoms with Crippen molar-refractivity contribution in [3.63, 3.8) is 0 Å². The summed E-state index contributed by atoms with van der Waals surface area (Å²) in [5.74, 6) is -0.0511. The molecule has 1 amide bonds. The van der Waals surface area contributed by atoms with Gasteiger partial charge in [-0.25, -0.2) is 0 Å². The van der Waals surface area contributed by atoms with Crippen LogP contribution in [-0.2, 0) is 14.3 Å². The second-order valence-corrected chi connectivity index (χ2v) is 5.65. The lowest BCUT2D eigenvalue weighted by Crippen LogP contribution is -2.43. The van der Waals surface area contributed by atoms with E-state index >= 15 is 0 Å². The summed E-state index contributed by atoms with van der Waals surface area (Å²) in [6.07, 6.45) is 1.19. The van der Waals surface area contributed by atoms with E-state index in [1.165, 1.54) is 7.11 Å². The van der Waals surface area contributed by atoms with Crippen molar-refractivity contribution in [1.29, 1.82) is 0 Å². The molecule has 3 N–H and O–H groups in total. The highest BCUT2D eigenvalue weighted by molar-refractivity contribution is 5.81. The number of amides is 1. The van der Waals surface area contributed by atoms with E-state index in [1.807, 2.05) is 13.8 Å². The van der Waals surface area contributed by atoms with Gasteiger partial charge in [0.15, 0.2) is 0 Å². The molecule has 0 bridgehead atoms. The number of hydrogen-bond donors (Lipinski definition) is 2. The molecule has 0 radical (unpaired) electrons. The quantitative estimate of drug-likeness (QED) is 0.669. The largest absolute Gasteiger partial charge is 0.469 e. The Morgan fingerprint density at radius 2 is 1.89 bits per heavy atom. The first-order chi connectivity index (χ1) is 8.20. The topological polar surface area (TPSA) is 81.4 Å². The van der Waals surface area contributed by atoms with Crippen molar-refractivity contribution in [3.8, 4) is 0 Å². The Kier molecular flexibility index (Phi) is 6.91. The van der Waals surface area contributed by atoms with Gasteiger partial charge in [0.25, 0.3) is 0 Å². The van der Waals surface area contributed by atoms with Crippen LogP contribution in [0.3, 0.4) is 0 Å². The number of esters is 1. The monoisotopic (exact) mass is 258 g/mol. The molecule has 0 aliphatic carbocycles. The average Bonchev–Trinajstić information content (AvgIpc) is 2.26. The van der Waals surface area contributed by atoms with Crippen LogP contribution in [-0.4, -0.2) is 31.6 Å². The number of hydrogen-bond acceptors (Lipinski definition) is 4. The third-order valence-corrected chi connectivity index (χ3v) is 2.85. The van der Waals surface area contributed by atoms with Crippen molar-refractivity contribution in [2.45, 2.75) is 46.6 Å². The molecule has 0 aromatic rings. The number of carbonyl (C=O) groups excluding carboxylic acids is 2. The van der Waals surface area contributed by atoms with Gasteiger partial charge in [0.1, 0.15) is 0 Å². The molecule has 0 rings (SSSR count). The molecule has 5 heteroatoms. The molecule has 1 atom stereocenters. The number of carbonyl (C=O) groups is 2. The number of nitrogens with one attached hydrogen (secondary N) is 1. The Morgan fingerprint density at radius 1 is 1.33 bits per heavy atom. The maximum absolute atomic E-state index is 11.7. The summed E-state index contributed by atoms with van der Waals surface area (Å²) in [6.45, 7) is 8.05. The zero-order valence-corrected chi connectivity index (χ0v) is 12.1. The molecule has 0 saturated carbocycles. The normalized spacial score (nSPS) is 13.3. The summed E-state index contributed by atoms with van der Waals surface area (Å²) in [4.78, 5) is 23.1. The molecule has 0 saturated heterocycles. The molecule has 0 heterocycles. The Hall–Kier alpha value is -1.10. The van der Waals surface area contributed by atoms with Gasteiger partial charge in [-0.15, -0.1) is 0 Å². The number of nitrogens with two attached hydrogens (primary N) is 1. The van der Waals surface area contributed by atoms with Crippen molar-refractivity contribution in [1.82, 2.24) is 5.32 Å². The molecule has 106 valence electrons. The van der Waals surface area contributed by atoms with Crippen molar-refractivity contribution in [2.75, 3.05) is 13.7 Å². The number of methoxy groups -OCH3 is 1. The van der Waals surface area contributed by atoms with Crippen LogP contribution in [0.4, 0.5) is 0 Å². The van der Waals surface area contributed by atoms with Crippen LogP contribution >= 0.6 is 0 Å². The van der Waals surface area contributed by atoms with Gasteiger partial charge < -0.3 is 15.8 Å². The van der Waals surface area contributed by atoms with E-state index < -0.39 is 11.5 Å². The molecule has 18 heavy (non-hydrogen) atoms.